The lowest BCUT2D eigenvalue weighted by atomic mass is 10.1. The molecule has 2 heterocycles. The number of pyridine rings is 2. The average Bonchev–Trinajstić information content (AvgIpc) is 2.84. The van der Waals surface area contributed by atoms with Gasteiger partial charge < -0.3 is 19.9 Å². The number of nitrogens with zero attached hydrogens (tertiary/aromatic N) is 3. The zero-order valence-electron chi connectivity index (χ0n) is 19.1. The molecule has 0 spiro atoms. The number of nitrogens with one attached hydrogen (secondary N) is 3. The highest BCUT2D eigenvalue weighted by Crippen LogP contribution is 2.33. The summed E-state index contributed by atoms with van der Waals surface area (Å²) < 4.78 is 18.8. The minimum absolute atomic E-state index is 0.224. The third-order valence-corrected chi connectivity index (χ3v) is 5.70. The molecule has 0 bridgehead atoms. The number of benzene rings is 1. The fourth-order valence-corrected chi connectivity index (χ4v) is 3.36. The maximum absolute atomic E-state index is 12.6. The highest BCUT2D eigenvalue weighted by atomic mass is 32.2. The van der Waals surface area contributed by atoms with Gasteiger partial charge in [-0.25, -0.2) is 15.4 Å². The van der Waals surface area contributed by atoms with Crippen molar-refractivity contribution < 1.29 is 18.9 Å². The quantitative estimate of drug-likeness (QED) is 0.241. The number of carbonyl (C=O) groups excluding carboxylic acids is 1. The molecular weight excluding hydrogens is 456 g/mol. The van der Waals surface area contributed by atoms with Crippen molar-refractivity contribution in [1.29, 1.82) is 0 Å². The lowest BCUT2D eigenvalue weighted by molar-refractivity contribution is 0.0538. The molecule has 3 rings (SSSR count). The van der Waals surface area contributed by atoms with Gasteiger partial charge in [-0.3, -0.25) is 9.63 Å². The number of methoxy groups -OCH3 is 1. The normalized spacial score (nSPS) is 11.2. The Bertz CT molecular complexity index is 1200. The number of ether oxygens (including phenoxy) is 1. The molecular formula is C23H24N6O4S. The van der Waals surface area contributed by atoms with Gasteiger partial charge >= 0.3 is 0 Å². The largest absolute Gasteiger partial charge is 0.593 e. The summed E-state index contributed by atoms with van der Waals surface area (Å²) >= 11 is -1.31. The maximum Gasteiger partial charge on any atom is 0.278 e. The standard InChI is InChI=1S/C23H24N6O4S/c1-6-15-7-9-18(20(11-15)29(2)34(5)31)26-19-12-22(25-14-17(19)23(30)28-33-4)27-21-10-8-16(32-3)13-24-21/h1,7-14H,2-5H3,(H,28,30)(H2,24,25,26,27). The summed E-state index contributed by atoms with van der Waals surface area (Å²) in [5.41, 5.74) is 4.74. The molecule has 0 aliphatic rings. The Morgan fingerprint density at radius 2 is 1.85 bits per heavy atom. The van der Waals surface area contributed by atoms with E-state index in [0.717, 1.165) is 0 Å². The molecule has 0 saturated heterocycles. The van der Waals surface area contributed by atoms with E-state index in [-0.39, 0.29) is 5.56 Å². The highest BCUT2D eigenvalue weighted by molar-refractivity contribution is 7.92. The first kappa shape index (κ1) is 24.7. The van der Waals surface area contributed by atoms with Crippen LogP contribution < -0.4 is 25.2 Å². The monoisotopic (exact) mass is 480 g/mol. The van der Waals surface area contributed by atoms with Crippen LogP contribution in [0, 0.1) is 12.3 Å². The predicted molar refractivity (Wildman–Crippen MR) is 133 cm³/mol. The van der Waals surface area contributed by atoms with Crippen LogP contribution in [-0.2, 0) is 16.2 Å². The lowest BCUT2D eigenvalue weighted by Gasteiger charge is -2.23. The number of hydrogen-bond donors (Lipinski definition) is 3. The molecule has 0 aliphatic carbocycles. The molecule has 11 heteroatoms. The van der Waals surface area contributed by atoms with Crippen LogP contribution in [0.3, 0.4) is 0 Å². The first-order chi connectivity index (χ1) is 16.4. The summed E-state index contributed by atoms with van der Waals surface area (Å²) in [6.45, 7) is 0. The van der Waals surface area contributed by atoms with Crippen LogP contribution in [-0.4, -0.2) is 48.0 Å². The molecule has 0 saturated carbocycles. The van der Waals surface area contributed by atoms with Crippen LogP contribution in [0.4, 0.5) is 28.7 Å². The first-order valence-corrected chi connectivity index (χ1v) is 11.4. The molecule has 10 nitrogen and oxygen atoms in total. The van der Waals surface area contributed by atoms with Gasteiger partial charge in [0.1, 0.15) is 29.3 Å². The van der Waals surface area contributed by atoms with E-state index < -0.39 is 17.3 Å². The SMILES string of the molecule is C#Cc1ccc(Nc2cc(Nc3ccc(OC)cn3)ncc2C(=O)NOC)c(N(C)[S+](C)[O-])c1. The molecule has 0 aliphatic heterocycles. The van der Waals surface area contributed by atoms with Crippen LogP contribution in [0.2, 0.25) is 0 Å². The molecule has 1 aromatic carbocycles. The summed E-state index contributed by atoms with van der Waals surface area (Å²) in [4.78, 5) is 25.9. The highest BCUT2D eigenvalue weighted by Gasteiger charge is 2.19. The van der Waals surface area contributed by atoms with E-state index in [2.05, 4.69) is 32.0 Å². The minimum atomic E-state index is -1.31. The third kappa shape index (κ3) is 5.87. The van der Waals surface area contributed by atoms with Gasteiger partial charge in [-0.05, 0) is 30.3 Å². The van der Waals surface area contributed by atoms with Gasteiger partial charge in [0, 0.05) is 17.8 Å². The fraction of sp³-hybridized carbons (Fsp3) is 0.174. The van der Waals surface area contributed by atoms with Crippen molar-refractivity contribution in [1.82, 2.24) is 15.4 Å². The molecule has 1 atom stereocenters. The van der Waals surface area contributed by atoms with Gasteiger partial charge in [0.05, 0.1) is 55.8 Å². The lowest BCUT2D eigenvalue weighted by Crippen LogP contribution is -2.26. The zero-order chi connectivity index (χ0) is 24.7. The number of anilines is 5. The van der Waals surface area contributed by atoms with E-state index in [0.29, 0.717) is 40.0 Å². The summed E-state index contributed by atoms with van der Waals surface area (Å²) in [7, 11) is 4.58. The van der Waals surface area contributed by atoms with E-state index in [9.17, 15) is 9.35 Å². The number of hydrogen-bond acceptors (Lipinski definition) is 9. The van der Waals surface area contributed by atoms with E-state index in [1.165, 1.54) is 13.3 Å². The molecule has 3 aromatic rings. The number of terminal acetylenes is 1. The van der Waals surface area contributed by atoms with Crippen molar-refractivity contribution in [3.8, 4) is 18.1 Å². The number of aromatic nitrogens is 2. The number of rotatable bonds is 9. The number of carbonyl (C=O) groups is 1. The second kappa shape index (κ2) is 11.2. The van der Waals surface area contributed by atoms with Gasteiger partial charge in [0.25, 0.3) is 5.91 Å². The second-order valence-corrected chi connectivity index (χ2v) is 8.28. The molecule has 1 unspecified atom stereocenters. The molecule has 0 fully saturated rings. The minimum Gasteiger partial charge on any atom is -0.593 e. The van der Waals surface area contributed by atoms with Crippen LogP contribution >= 0.6 is 0 Å². The second-order valence-electron chi connectivity index (χ2n) is 6.88. The van der Waals surface area contributed by atoms with Crippen LogP contribution in [0.25, 0.3) is 0 Å². The Kier molecular flexibility index (Phi) is 8.15. The van der Waals surface area contributed by atoms with Crippen LogP contribution in [0.1, 0.15) is 15.9 Å². The zero-order valence-corrected chi connectivity index (χ0v) is 19.9. The van der Waals surface area contributed by atoms with Crippen molar-refractivity contribution >= 4 is 46.0 Å². The van der Waals surface area contributed by atoms with Gasteiger partial charge in [0.15, 0.2) is 0 Å². The Labute approximate surface area is 201 Å². The van der Waals surface area contributed by atoms with E-state index in [4.69, 9.17) is 16.0 Å². The topological polar surface area (TPSA) is 124 Å². The van der Waals surface area contributed by atoms with Crippen molar-refractivity contribution in [3.63, 3.8) is 0 Å². The molecule has 176 valence electrons. The van der Waals surface area contributed by atoms with Crippen molar-refractivity contribution in [2.45, 2.75) is 0 Å². The summed E-state index contributed by atoms with van der Waals surface area (Å²) in [5, 5.41) is 6.32. The summed E-state index contributed by atoms with van der Waals surface area (Å²) in [6, 6.07) is 10.4. The van der Waals surface area contributed by atoms with E-state index >= 15 is 0 Å². The van der Waals surface area contributed by atoms with Crippen LogP contribution in [0.5, 0.6) is 5.75 Å². The van der Waals surface area contributed by atoms with E-state index in [1.807, 2.05) is 0 Å². The molecule has 34 heavy (non-hydrogen) atoms. The first-order valence-electron chi connectivity index (χ1n) is 9.91. The maximum atomic E-state index is 12.6. The van der Waals surface area contributed by atoms with Gasteiger partial charge in [-0.15, -0.1) is 6.42 Å². The Balaban J connectivity index is 2.01. The van der Waals surface area contributed by atoms with Crippen molar-refractivity contribution in [2.75, 3.05) is 42.5 Å². The predicted octanol–water partition coefficient (Wildman–Crippen LogP) is 2.97. The van der Waals surface area contributed by atoms with Gasteiger partial charge in [-0.2, -0.15) is 4.31 Å². The molecule has 0 radical (unpaired) electrons. The Morgan fingerprint density at radius 3 is 2.47 bits per heavy atom. The molecule has 2 aromatic heterocycles. The number of amides is 1. The van der Waals surface area contributed by atoms with Gasteiger partial charge in [0.2, 0.25) is 0 Å². The molecule has 1 amide bonds. The fourth-order valence-electron chi connectivity index (χ4n) is 2.93. The van der Waals surface area contributed by atoms with Crippen molar-refractivity contribution in [2.24, 2.45) is 0 Å². The summed E-state index contributed by atoms with van der Waals surface area (Å²) in [5.74, 6) is 3.66. The molecule has 3 N–H and O–H groups in total. The van der Waals surface area contributed by atoms with E-state index in [1.54, 1.807) is 67.3 Å². The average molecular weight is 481 g/mol. The Hall–Kier alpha value is -3.98. The number of hydroxylamine groups is 1. The smallest absolute Gasteiger partial charge is 0.278 e. The van der Waals surface area contributed by atoms with Crippen molar-refractivity contribution in [3.05, 3.63) is 59.9 Å². The van der Waals surface area contributed by atoms with Gasteiger partial charge in [-0.1, -0.05) is 5.92 Å². The summed E-state index contributed by atoms with van der Waals surface area (Å²) in [6.07, 6.45) is 10.1. The van der Waals surface area contributed by atoms with Crippen LogP contribution in [0.15, 0.2) is 48.8 Å². The third-order valence-electron chi connectivity index (χ3n) is 4.73. The Morgan fingerprint density at radius 1 is 1.09 bits per heavy atom.